The number of aromatic nitrogens is 3. The van der Waals surface area contributed by atoms with Crippen LogP contribution in [0.15, 0.2) is 24.5 Å². The van der Waals surface area contributed by atoms with Crippen molar-refractivity contribution in [1.29, 1.82) is 0 Å². The number of ether oxygens (including phenoxy) is 1. The Morgan fingerprint density at radius 2 is 2.19 bits per heavy atom. The summed E-state index contributed by atoms with van der Waals surface area (Å²) in [7, 11) is 0. The summed E-state index contributed by atoms with van der Waals surface area (Å²) in [6.45, 7) is 3.76. The molecule has 0 aliphatic carbocycles. The summed E-state index contributed by atoms with van der Waals surface area (Å²) >= 11 is 1.32. The third-order valence-corrected chi connectivity index (χ3v) is 4.99. The number of anilines is 1. The Labute approximate surface area is 155 Å². The van der Waals surface area contributed by atoms with Crippen LogP contribution in [0.3, 0.4) is 0 Å². The Kier molecular flexibility index (Phi) is 6.24. The molecule has 0 spiro atoms. The highest BCUT2D eigenvalue weighted by atomic mass is 32.1. The lowest BCUT2D eigenvalue weighted by Crippen LogP contribution is -2.34. The fourth-order valence-electron chi connectivity index (χ4n) is 2.69. The molecule has 1 aliphatic heterocycles. The zero-order valence-corrected chi connectivity index (χ0v) is 15.4. The monoisotopic (exact) mass is 375 g/mol. The van der Waals surface area contributed by atoms with E-state index in [1.807, 2.05) is 19.1 Å². The molecular formula is C17H21N5O3S. The molecule has 1 N–H and O–H groups in total. The average molecular weight is 375 g/mol. The first kappa shape index (κ1) is 18.4. The second kappa shape index (κ2) is 8.81. The summed E-state index contributed by atoms with van der Waals surface area (Å²) in [6.07, 6.45) is 4.39. The lowest BCUT2D eigenvalue weighted by molar-refractivity contribution is -0.126. The van der Waals surface area contributed by atoms with Gasteiger partial charge in [0.2, 0.25) is 16.9 Å². The van der Waals surface area contributed by atoms with Gasteiger partial charge in [-0.3, -0.25) is 19.5 Å². The zero-order chi connectivity index (χ0) is 18.4. The lowest BCUT2D eigenvalue weighted by atomic mass is 10.1. The molecule has 8 nitrogen and oxygen atoms in total. The van der Waals surface area contributed by atoms with Crippen molar-refractivity contribution >= 4 is 28.3 Å². The van der Waals surface area contributed by atoms with Gasteiger partial charge in [-0.1, -0.05) is 11.3 Å². The minimum Gasteiger partial charge on any atom is -0.374 e. The van der Waals surface area contributed by atoms with Gasteiger partial charge in [-0.2, -0.15) is 0 Å². The maximum absolute atomic E-state index is 12.3. The van der Waals surface area contributed by atoms with Gasteiger partial charge in [0, 0.05) is 38.5 Å². The van der Waals surface area contributed by atoms with Crippen molar-refractivity contribution in [2.24, 2.45) is 5.92 Å². The van der Waals surface area contributed by atoms with E-state index in [0.29, 0.717) is 31.4 Å². The quantitative estimate of drug-likeness (QED) is 0.744. The van der Waals surface area contributed by atoms with E-state index in [-0.39, 0.29) is 24.2 Å². The number of carbonyl (C=O) groups excluding carboxylic acids is 2. The second-order valence-corrected chi connectivity index (χ2v) is 6.96. The van der Waals surface area contributed by atoms with Crippen molar-refractivity contribution in [3.05, 3.63) is 35.1 Å². The smallest absolute Gasteiger partial charge is 0.229 e. The first-order valence-corrected chi connectivity index (χ1v) is 9.36. The molecule has 0 radical (unpaired) electrons. The van der Waals surface area contributed by atoms with E-state index in [1.165, 1.54) is 11.3 Å². The van der Waals surface area contributed by atoms with Gasteiger partial charge in [-0.25, -0.2) is 0 Å². The highest BCUT2D eigenvalue weighted by Gasteiger charge is 2.36. The molecule has 0 saturated carbocycles. The van der Waals surface area contributed by atoms with Crippen LogP contribution in [0.4, 0.5) is 5.13 Å². The van der Waals surface area contributed by atoms with Gasteiger partial charge in [-0.05, 0) is 31.0 Å². The highest BCUT2D eigenvalue weighted by molar-refractivity contribution is 7.15. The van der Waals surface area contributed by atoms with Crippen LogP contribution >= 0.6 is 11.3 Å². The number of nitrogens with one attached hydrogen (secondary N) is 1. The van der Waals surface area contributed by atoms with Gasteiger partial charge in [0.05, 0.1) is 5.92 Å². The number of carbonyl (C=O) groups is 2. The molecule has 1 atom stereocenters. The topological polar surface area (TPSA) is 97.3 Å². The van der Waals surface area contributed by atoms with Crippen LogP contribution in [0.2, 0.25) is 0 Å². The molecule has 2 amide bonds. The van der Waals surface area contributed by atoms with Gasteiger partial charge < -0.3 is 10.1 Å². The fraction of sp³-hybridized carbons (Fsp3) is 0.471. The van der Waals surface area contributed by atoms with E-state index in [0.717, 1.165) is 17.0 Å². The van der Waals surface area contributed by atoms with E-state index in [4.69, 9.17) is 4.74 Å². The summed E-state index contributed by atoms with van der Waals surface area (Å²) in [4.78, 5) is 30.1. The molecule has 2 aromatic heterocycles. The first-order chi connectivity index (χ1) is 12.7. The molecule has 1 saturated heterocycles. The van der Waals surface area contributed by atoms with Gasteiger partial charge in [0.25, 0.3) is 0 Å². The predicted molar refractivity (Wildman–Crippen MR) is 96.6 cm³/mol. The molecule has 3 heterocycles. The minimum absolute atomic E-state index is 0.0987. The zero-order valence-electron chi connectivity index (χ0n) is 14.6. The molecule has 9 heteroatoms. The van der Waals surface area contributed by atoms with E-state index in [1.54, 1.807) is 17.3 Å². The van der Waals surface area contributed by atoms with Crippen LogP contribution in [-0.4, -0.2) is 46.7 Å². The van der Waals surface area contributed by atoms with Gasteiger partial charge in [-0.15, -0.1) is 10.2 Å². The highest BCUT2D eigenvalue weighted by Crippen LogP contribution is 2.28. The van der Waals surface area contributed by atoms with Crippen LogP contribution in [0, 0.1) is 5.92 Å². The van der Waals surface area contributed by atoms with Crippen molar-refractivity contribution in [3.63, 3.8) is 0 Å². The van der Waals surface area contributed by atoms with E-state index >= 15 is 0 Å². The SMILES string of the molecule is CCOCc1nnc(N2CC(C(=O)NCCc3ccncc3)CC2=O)s1. The predicted octanol–water partition coefficient (Wildman–Crippen LogP) is 1.18. The maximum Gasteiger partial charge on any atom is 0.229 e. The Balaban J connectivity index is 1.50. The molecule has 2 aromatic rings. The van der Waals surface area contributed by atoms with Gasteiger partial charge in [0.15, 0.2) is 0 Å². The third-order valence-electron chi connectivity index (χ3n) is 4.07. The van der Waals surface area contributed by atoms with Gasteiger partial charge >= 0.3 is 0 Å². The van der Waals surface area contributed by atoms with Gasteiger partial charge in [0.1, 0.15) is 11.6 Å². The molecule has 26 heavy (non-hydrogen) atoms. The molecule has 1 fully saturated rings. The Hall–Kier alpha value is -2.39. The summed E-state index contributed by atoms with van der Waals surface area (Å²) in [6, 6.07) is 3.84. The number of pyridine rings is 1. The summed E-state index contributed by atoms with van der Waals surface area (Å²) in [5.41, 5.74) is 1.11. The molecule has 3 rings (SSSR count). The van der Waals surface area contributed by atoms with Crippen molar-refractivity contribution in [2.75, 3.05) is 24.6 Å². The van der Waals surface area contributed by atoms with Crippen molar-refractivity contribution in [1.82, 2.24) is 20.5 Å². The largest absolute Gasteiger partial charge is 0.374 e. The Bertz CT molecular complexity index is 752. The average Bonchev–Trinajstić information content (AvgIpc) is 3.27. The van der Waals surface area contributed by atoms with Crippen LogP contribution in [0.1, 0.15) is 23.9 Å². The number of hydrogen-bond donors (Lipinski definition) is 1. The number of rotatable bonds is 8. The van der Waals surface area contributed by atoms with E-state index < -0.39 is 0 Å². The maximum atomic E-state index is 12.3. The molecule has 1 unspecified atom stereocenters. The normalized spacial score (nSPS) is 16.9. The van der Waals surface area contributed by atoms with Crippen molar-refractivity contribution < 1.29 is 14.3 Å². The molecule has 0 aromatic carbocycles. The minimum atomic E-state index is -0.362. The van der Waals surface area contributed by atoms with Crippen LogP contribution in [0.25, 0.3) is 0 Å². The Morgan fingerprint density at radius 1 is 1.38 bits per heavy atom. The molecular weight excluding hydrogens is 354 g/mol. The van der Waals surface area contributed by atoms with E-state index in [2.05, 4.69) is 20.5 Å². The number of nitrogens with zero attached hydrogens (tertiary/aromatic N) is 4. The van der Waals surface area contributed by atoms with Crippen LogP contribution in [0.5, 0.6) is 0 Å². The fourth-order valence-corrected chi connectivity index (χ4v) is 3.50. The summed E-state index contributed by atoms with van der Waals surface area (Å²) in [5, 5.41) is 12.2. The molecule has 1 aliphatic rings. The van der Waals surface area contributed by atoms with Crippen molar-refractivity contribution in [3.8, 4) is 0 Å². The summed E-state index contributed by atoms with van der Waals surface area (Å²) in [5.74, 6) is -0.563. The summed E-state index contributed by atoms with van der Waals surface area (Å²) < 4.78 is 5.30. The number of amides is 2. The molecule has 0 bridgehead atoms. The third kappa shape index (κ3) is 4.61. The van der Waals surface area contributed by atoms with E-state index in [9.17, 15) is 9.59 Å². The molecule has 138 valence electrons. The standard InChI is InChI=1S/C17H21N5O3S/c1-2-25-11-14-20-21-17(26-14)22-10-13(9-15(22)23)16(24)19-8-5-12-3-6-18-7-4-12/h3-4,6-7,13H,2,5,8-11H2,1H3,(H,19,24). The van der Waals surface area contributed by atoms with Crippen LogP contribution in [-0.2, 0) is 27.4 Å². The first-order valence-electron chi connectivity index (χ1n) is 8.54. The number of hydrogen-bond acceptors (Lipinski definition) is 7. The Morgan fingerprint density at radius 3 is 2.96 bits per heavy atom. The second-order valence-electron chi connectivity index (χ2n) is 5.92. The van der Waals surface area contributed by atoms with Crippen molar-refractivity contribution in [2.45, 2.75) is 26.4 Å². The lowest BCUT2D eigenvalue weighted by Gasteiger charge is -2.12. The van der Waals surface area contributed by atoms with Crippen LogP contribution < -0.4 is 10.2 Å².